The highest BCUT2D eigenvalue weighted by molar-refractivity contribution is 9.24. The van der Waals surface area contributed by atoms with Crippen LogP contribution in [0.25, 0.3) is 0 Å². The number of alkyl halides is 2. The van der Waals surface area contributed by atoms with Gasteiger partial charge in [-0.25, -0.2) is 0 Å². The van der Waals surface area contributed by atoms with Gasteiger partial charge in [0.15, 0.2) is 0 Å². The SMILES string of the molecule is CC1(c2ccccc2)c2cc(Br)c(Br)c(Br)c2C(Br)(Br)C1(C)C. The zero-order valence-corrected chi connectivity index (χ0v) is 20.8. The van der Waals surface area contributed by atoms with Crippen molar-refractivity contribution < 1.29 is 0 Å². The molecule has 1 atom stereocenters. The molecule has 23 heavy (non-hydrogen) atoms. The molecule has 3 rings (SSSR count). The van der Waals surface area contributed by atoms with Crippen LogP contribution in [0.15, 0.2) is 49.8 Å². The number of hydrogen-bond acceptors (Lipinski definition) is 0. The quantitative estimate of drug-likeness (QED) is 0.220. The zero-order valence-electron chi connectivity index (χ0n) is 12.9. The van der Waals surface area contributed by atoms with Crippen molar-refractivity contribution >= 4 is 79.6 Å². The largest absolute Gasteiger partial charge is 0.113 e. The zero-order chi connectivity index (χ0) is 17.2. The van der Waals surface area contributed by atoms with Gasteiger partial charge in [0, 0.05) is 24.2 Å². The Bertz CT molecular complexity index is 780. The van der Waals surface area contributed by atoms with E-state index in [4.69, 9.17) is 0 Å². The molecule has 0 nitrogen and oxygen atoms in total. The molecular weight excluding hydrogens is 616 g/mol. The molecule has 0 bridgehead atoms. The van der Waals surface area contributed by atoms with Crippen LogP contribution in [0.5, 0.6) is 0 Å². The van der Waals surface area contributed by atoms with Crippen molar-refractivity contribution in [2.45, 2.75) is 29.4 Å². The summed E-state index contributed by atoms with van der Waals surface area (Å²) in [5.41, 5.74) is 3.61. The van der Waals surface area contributed by atoms with E-state index in [1.807, 2.05) is 0 Å². The first-order valence-electron chi connectivity index (χ1n) is 7.18. The minimum absolute atomic E-state index is 0.105. The van der Waals surface area contributed by atoms with Crippen molar-refractivity contribution in [3.8, 4) is 0 Å². The minimum Gasteiger partial charge on any atom is -0.0667 e. The summed E-state index contributed by atoms with van der Waals surface area (Å²) in [6.45, 7) is 6.94. The molecule has 2 aromatic rings. The predicted octanol–water partition coefficient (Wildman–Crippen LogP) is 8.26. The third-order valence-electron chi connectivity index (χ3n) is 5.40. The van der Waals surface area contributed by atoms with Crippen LogP contribution < -0.4 is 0 Å². The van der Waals surface area contributed by atoms with Crippen molar-refractivity contribution in [2.24, 2.45) is 5.41 Å². The second kappa shape index (κ2) is 5.94. The summed E-state index contributed by atoms with van der Waals surface area (Å²) in [5, 5.41) is 0. The molecule has 5 heteroatoms. The van der Waals surface area contributed by atoms with Gasteiger partial charge in [-0.3, -0.25) is 0 Å². The molecule has 1 unspecified atom stereocenters. The van der Waals surface area contributed by atoms with Gasteiger partial charge in [0.2, 0.25) is 0 Å². The first-order valence-corrected chi connectivity index (χ1v) is 11.1. The van der Waals surface area contributed by atoms with Gasteiger partial charge in [-0.1, -0.05) is 83.0 Å². The van der Waals surface area contributed by atoms with Crippen LogP contribution in [0.4, 0.5) is 0 Å². The molecule has 0 saturated carbocycles. The lowest BCUT2D eigenvalue weighted by Gasteiger charge is -2.44. The van der Waals surface area contributed by atoms with Crippen LogP contribution in [0.3, 0.4) is 0 Å². The van der Waals surface area contributed by atoms with Crippen LogP contribution in [0.1, 0.15) is 37.5 Å². The van der Waals surface area contributed by atoms with Gasteiger partial charge in [0.05, 0.1) is 0 Å². The molecule has 0 spiro atoms. The maximum absolute atomic E-state index is 4.00. The minimum atomic E-state index is -0.338. The van der Waals surface area contributed by atoms with E-state index < -0.39 is 0 Å². The lowest BCUT2D eigenvalue weighted by molar-refractivity contribution is 0.233. The fourth-order valence-electron chi connectivity index (χ4n) is 3.55. The summed E-state index contributed by atoms with van der Waals surface area (Å²) in [7, 11) is 0. The van der Waals surface area contributed by atoms with Gasteiger partial charge in [0.1, 0.15) is 3.23 Å². The lowest BCUT2D eigenvalue weighted by atomic mass is 9.63. The lowest BCUT2D eigenvalue weighted by Crippen LogP contribution is -2.42. The second-order valence-corrected chi connectivity index (χ2v) is 12.5. The predicted molar refractivity (Wildman–Crippen MR) is 116 cm³/mol. The van der Waals surface area contributed by atoms with Gasteiger partial charge in [0.25, 0.3) is 0 Å². The Morgan fingerprint density at radius 2 is 1.39 bits per heavy atom. The van der Waals surface area contributed by atoms with E-state index in [9.17, 15) is 0 Å². The average molecular weight is 631 g/mol. The monoisotopic (exact) mass is 626 g/mol. The van der Waals surface area contributed by atoms with Crippen molar-refractivity contribution in [2.75, 3.05) is 0 Å². The van der Waals surface area contributed by atoms with E-state index in [-0.39, 0.29) is 14.1 Å². The maximum atomic E-state index is 4.00. The molecular formula is C18H15Br5. The summed E-state index contributed by atoms with van der Waals surface area (Å²) >= 11 is 19.2. The Morgan fingerprint density at radius 1 is 0.826 bits per heavy atom. The van der Waals surface area contributed by atoms with Gasteiger partial charge in [-0.15, -0.1) is 0 Å². The summed E-state index contributed by atoms with van der Waals surface area (Å²) in [6.07, 6.45) is 0. The smallest absolute Gasteiger partial charge is 0.0667 e. The topological polar surface area (TPSA) is 0 Å². The summed E-state index contributed by atoms with van der Waals surface area (Å²) < 4.78 is 2.82. The third-order valence-corrected chi connectivity index (χ3v) is 11.5. The van der Waals surface area contributed by atoms with E-state index >= 15 is 0 Å². The van der Waals surface area contributed by atoms with E-state index in [2.05, 4.69) is 137 Å². The van der Waals surface area contributed by atoms with Crippen LogP contribution in [0.2, 0.25) is 0 Å². The van der Waals surface area contributed by atoms with E-state index in [1.165, 1.54) is 16.7 Å². The van der Waals surface area contributed by atoms with Crippen molar-refractivity contribution in [3.05, 3.63) is 66.5 Å². The number of halogens is 5. The number of rotatable bonds is 1. The van der Waals surface area contributed by atoms with E-state index in [0.29, 0.717) is 0 Å². The van der Waals surface area contributed by atoms with Gasteiger partial charge in [-0.05, 0) is 70.5 Å². The number of fused-ring (bicyclic) bond motifs is 1. The fraction of sp³-hybridized carbons (Fsp3) is 0.333. The molecule has 1 aliphatic carbocycles. The van der Waals surface area contributed by atoms with Crippen molar-refractivity contribution in [1.29, 1.82) is 0 Å². The van der Waals surface area contributed by atoms with Crippen LogP contribution >= 0.6 is 79.6 Å². The van der Waals surface area contributed by atoms with Crippen LogP contribution in [-0.4, -0.2) is 0 Å². The molecule has 122 valence electrons. The molecule has 1 aliphatic rings. The molecule has 0 aromatic heterocycles. The normalized spacial score (nSPS) is 24.5. The average Bonchev–Trinajstić information content (AvgIpc) is 2.62. The number of hydrogen-bond donors (Lipinski definition) is 0. The Morgan fingerprint density at radius 3 is 1.96 bits per heavy atom. The van der Waals surface area contributed by atoms with Crippen molar-refractivity contribution in [3.63, 3.8) is 0 Å². The molecule has 0 fully saturated rings. The first kappa shape index (κ1) is 18.6. The van der Waals surface area contributed by atoms with E-state index in [1.54, 1.807) is 0 Å². The fourth-order valence-corrected chi connectivity index (χ4v) is 7.43. The van der Waals surface area contributed by atoms with Gasteiger partial charge in [-0.2, -0.15) is 0 Å². The summed E-state index contributed by atoms with van der Waals surface area (Å²) in [6, 6.07) is 13.0. The highest BCUT2D eigenvalue weighted by Gasteiger charge is 2.63. The molecule has 2 aromatic carbocycles. The van der Waals surface area contributed by atoms with Crippen LogP contribution in [0, 0.1) is 5.41 Å². The standard InChI is InChI=1S/C18H15Br5/c1-16(2)17(3,10-7-5-4-6-8-10)11-9-12(19)14(20)15(21)13(11)18(16,22)23/h4-9H,1-3H3. The Hall–Kier alpha value is 0.840. The Balaban J connectivity index is 2.46. The van der Waals surface area contributed by atoms with Gasteiger partial charge < -0.3 is 0 Å². The highest BCUT2D eigenvalue weighted by atomic mass is 79.9. The molecule has 0 radical (unpaired) electrons. The van der Waals surface area contributed by atoms with Gasteiger partial charge >= 0.3 is 0 Å². The molecule has 0 aliphatic heterocycles. The van der Waals surface area contributed by atoms with Crippen LogP contribution in [-0.2, 0) is 8.65 Å². The second-order valence-electron chi connectivity index (χ2n) is 6.60. The Labute approximate surface area is 179 Å². The maximum Gasteiger partial charge on any atom is 0.113 e. The Kier molecular flexibility index (Phi) is 4.81. The molecule has 0 saturated heterocycles. The first-order chi connectivity index (χ1) is 10.6. The number of benzene rings is 2. The molecule has 0 heterocycles. The third kappa shape index (κ3) is 2.36. The summed E-state index contributed by atoms with van der Waals surface area (Å²) in [5.74, 6) is 0. The van der Waals surface area contributed by atoms with E-state index in [0.717, 1.165) is 13.4 Å². The molecule has 0 amide bonds. The highest BCUT2D eigenvalue weighted by Crippen LogP contribution is 2.71. The van der Waals surface area contributed by atoms with Crippen molar-refractivity contribution in [1.82, 2.24) is 0 Å². The molecule has 0 N–H and O–H groups in total. The summed E-state index contributed by atoms with van der Waals surface area (Å²) in [4.78, 5) is 0.